The van der Waals surface area contributed by atoms with E-state index in [2.05, 4.69) is 0 Å². The summed E-state index contributed by atoms with van der Waals surface area (Å²) in [6, 6.07) is 1.22. The molecule has 1 saturated heterocycles. The number of amides is 1. The Balaban J connectivity index is 2.23. The molecule has 1 aromatic carbocycles. The molecule has 1 heterocycles. The zero-order valence-electron chi connectivity index (χ0n) is 10.6. The molecule has 1 aromatic rings. The van der Waals surface area contributed by atoms with Crippen LogP contribution in [0.5, 0.6) is 0 Å². The topological polar surface area (TPSA) is 57.6 Å². The van der Waals surface area contributed by atoms with Gasteiger partial charge >= 0.3 is 5.97 Å². The number of benzene rings is 1. The Morgan fingerprint density at radius 3 is 2.20 bits per heavy atom. The lowest BCUT2D eigenvalue weighted by molar-refractivity contribution is -0.142. The number of likely N-dealkylation sites (tertiary alicyclic amines) is 1. The molecule has 20 heavy (non-hydrogen) atoms. The first kappa shape index (κ1) is 14.4. The van der Waals surface area contributed by atoms with Gasteiger partial charge in [0.15, 0.2) is 17.5 Å². The van der Waals surface area contributed by atoms with Gasteiger partial charge in [0, 0.05) is 18.7 Å². The normalized spacial score (nSPS) is 22.1. The van der Waals surface area contributed by atoms with Crippen LogP contribution in [0.3, 0.4) is 0 Å². The van der Waals surface area contributed by atoms with Crippen molar-refractivity contribution in [1.29, 1.82) is 0 Å². The highest BCUT2D eigenvalue weighted by atomic mass is 19.2. The van der Waals surface area contributed by atoms with Crippen LogP contribution in [0.25, 0.3) is 0 Å². The molecule has 2 rings (SSSR count). The van der Waals surface area contributed by atoms with E-state index < -0.39 is 35.2 Å². The summed E-state index contributed by atoms with van der Waals surface area (Å²) in [5.41, 5.74) is -0.334. The smallest absolute Gasteiger partial charge is 0.308 e. The van der Waals surface area contributed by atoms with Crippen molar-refractivity contribution in [2.24, 2.45) is 11.8 Å². The number of rotatable bonds is 2. The standard InChI is InChI=1S/C13H12F3NO3/c1-6-4-17(5-8(6)13(19)20)12(18)7-2-9(14)11(16)10(15)3-7/h2-3,6,8H,4-5H2,1H3,(H,19,20)/t6-,8-/m1/s1. The molecule has 108 valence electrons. The van der Waals surface area contributed by atoms with Gasteiger partial charge in [-0.2, -0.15) is 0 Å². The number of nitrogens with zero attached hydrogens (tertiary/aromatic N) is 1. The summed E-state index contributed by atoms with van der Waals surface area (Å²) in [4.78, 5) is 24.2. The summed E-state index contributed by atoms with van der Waals surface area (Å²) >= 11 is 0. The van der Waals surface area contributed by atoms with Crippen molar-refractivity contribution in [2.75, 3.05) is 13.1 Å². The number of carbonyl (C=O) groups excluding carboxylic acids is 1. The molecule has 0 radical (unpaired) electrons. The van der Waals surface area contributed by atoms with Gasteiger partial charge < -0.3 is 10.0 Å². The van der Waals surface area contributed by atoms with Crippen molar-refractivity contribution in [3.8, 4) is 0 Å². The number of carboxylic acids is 1. The fourth-order valence-corrected chi connectivity index (χ4v) is 2.32. The van der Waals surface area contributed by atoms with Gasteiger partial charge in [0.1, 0.15) is 0 Å². The summed E-state index contributed by atoms with van der Waals surface area (Å²) < 4.78 is 39.0. The minimum atomic E-state index is -1.64. The van der Waals surface area contributed by atoms with Gasteiger partial charge in [0.2, 0.25) is 0 Å². The Kier molecular flexibility index (Phi) is 3.69. The lowest BCUT2D eigenvalue weighted by Gasteiger charge is -2.16. The van der Waals surface area contributed by atoms with Crippen LogP contribution in [0.15, 0.2) is 12.1 Å². The van der Waals surface area contributed by atoms with Gasteiger partial charge in [-0.05, 0) is 18.1 Å². The third-order valence-corrected chi connectivity index (χ3v) is 3.45. The van der Waals surface area contributed by atoms with Gasteiger partial charge in [-0.25, -0.2) is 13.2 Å². The van der Waals surface area contributed by atoms with Crippen molar-refractivity contribution in [3.63, 3.8) is 0 Å². The average molecular weight is 287 g/mol. The lowest BCUT2D eigenvalue weighted by Crippen LogP contribution is -2.30. The molecule has 0 aromatic heterocycles. The SMILES string of the molecule is C[C@@H]1CN(C(=O)c2cc(F)c(F)c(F)c2)C[C@H]1C(=O)O. The van der Waals surface area contributed by atoms with Crippen LogP contribution in [0.4, 0.5) is 13.2 Å². The highest BCUT2D eigenvalue weighted by Gasteiger charge is 2.37. The first-order valence-electron chi connectivity index (χ1n) is 5.98. The fourth-order valence-electron chi connectivity index (χ4n) is 2.32. The largest absolute Gasteiger partial charge is 0.481 e. The molecule has 1 fully saturated rings. The third kappa shape index (κ3) is 2.48. The van der Waals surface area contributed by atoms with E-state index in [-0.39, 0.29) is 24.6 Å². The molecule has 0 unspecified atom stereocenters. The van der Waals surface area contributed by atoms with Gasteiger partial charge in [-0.3, -0.25) is 9.59 Å². The van der Waals surface area contributed by atoms with E-state index in [0.29, 0.717) is 12.1 Å². The second-order valence-electron chi connectivity index (χ2n) is 4.89. The number of hydrogen-bond donors (Lipinski definition) is 1. The number of hydrogen-bond acceptors (Lipinski definition) is 2. The van der Waals surface area contributed by atoms with Crippen molar-refractivity contribution < 1.29 is 27.9 Å². The van der Waals surface area contributed by atoms with Crippen molar-refractivity contribution in [3.05, 3.63) is 35.1 Å². The molecular weight excluding hydrogens is 275 g/mol. The van der Waals surface area contributed by atoms with Gasteiger partial charge in [-0.15, -0.1) is 0 Å². The minimum absolute atomic E-state index is 0.0318. The van der Waals surface area contributed by atoms with Crippen LogP contribution in [-0.2, 0) is 4.79 Å². The second-order valence-corrected chi connectivity index (χ2v) is 4.89. The monoisotopic (exact) mass is 287 g/mol. The van der Waals surface area contributed by atoms with E-state index in [1.807, 2.05) is 0 Å². The molecule has 1 amide bonds. The van der Waals surface area contributed by atoms with Crippen LogP contribution < -0.4 is 0 Å². The minimum Gasteiger partial charge on any atom is -0.481 e. The van der Waals surface area contributed by atoms with E-state index in [4.69, 9.17) is 5.11 Å². The molecular formula is C13H12F3NO3. The Morgan fingerprint density at radius 2 is 1.75 bits per heavy atom. The highest BCUT2D eigenvalue weighted by molar-refractivity contribution is 5.94. The van der Waals surface area contributed by atoms with Crippen molar-refractivity contribution in [1.82, 2.24) is 4.90 Å². The zero-order chi connectivity index (χ0) is 15.0. The molecule has 1 aliphatic rings. The highest BCUT2D eigenvalue weighted by Crippen LogP contribution is 2.25. The quantitative estimate of drug-likeness (QED) is 0.845. The average Bonchev–Trinajstić information content (AvgIpc) is 2.76. The Hall–Kier alpha value is -2.05. The maximum absolute atomic E-state index is 13.1. The molecule has 4 nitrogen and oxygen atoms in total. The Bertz CT molecular complexity index is 553. The van der Waals surface area contributed by atoms with Gasteiger partial charge in [0.25, 0.3) is 5.91 Å². The molecule has 7 heteroatoms. The van der Waals surface area contributed by atoms with Gasteiger partial charge in [0.05, 0.1) is 5.92 Å². The van der Waals surface area contributed by atoms with Crippen molar-refractivity contribution >= 4 is 11.9 Å². The molecule has 0 saturated carbocycles. The first-order chi connectivity index (χ1) is 9.31. The van der Waals surface area contributed by atoms with E-state index in [9.17, 15) is 22.8 Å². The molecule has 0 bridgehead atoms. The summed E-state index contributed by atoms with van der Waals surface area (Å²) in [6.45, 7) is 1.82. The Morgan fingerprint density at radius 1 is 1.20 bits per heavy atom. The summed E-state index contributed by atoms with van der Waals surface area (Å²) in [5, 5.41) is 8.97. The second kappa shape index (κ2) is 5.15. The molecule has 2 atom stereocenters. The predicted molar refractivity (Wildman–Crippen MR) is 62.5 cm³/mol. The van der Waals surface area contributed by atoms with E-state index in [0.717, 1.165) is 0 Å². The third-order valence-electron chi connectivity index (χ3n) is 3.45. The molecule has 0 spiro atoms. The molecule has 1 aliphatic heterocycles. The zero-order valence-corrected chi connectivity index (χ0v) is 10.6. The number of halogens is 3. The van der Waals surface area contributed by atoms with Crippen molar-refractivity contribution in [2.45, 2.75) is 6.92 Å². The van der Waals surface area contributed by atoms with Gasteiger partial charge in [-0.1, -0.05) is 6.92 Å². The summed E-state index contributed by atoms with van der Waals surface area (Å²) in [6.07, 6.45) is 0. The van der Waals surface area contributed by atoms with E-state index in [1.54, 1.807) is 6.92 Å². The number of carbonyl (C=O) groups is 2. The molecule has 0 aliphatic carbocycles. The van der Waals surface area contributed by atoms with Crippen LogP contribution in [0, 0.1) is 29.3 Å². The van der Waals surface area contributed by atoms with Crippen LogP contribution in [-0.4, -0.2) is 35.0 Å². The summed E-state index contributed by atoms with van der Waals surface area (Å²) in [5.74, 6) is -7.24. The number of aliphatic carboxylic acids is 1. The molecule has 1 N–H and O–H groups in total. The fraction of sp³-hybridized carbons (Fsp3) is 0.385. The maximum Gasteiger partial charge on any atom is 0.308 e. The van der Waals surface area contributed by atoms with Crippen LogP contribution in [0.2, 0.25) is 0 Å². The van der Waals surface area contributed by atoms with E-state index in [1.165, 1.54) is 4.90 Å². The predicted octanol–water partition coefficient (Wildman–Crippen LogP) is 1.90. The lowest BCUT2D eigenvalue weighted by atomic mass is 9.99. The van der Waals surface area contributed by atoms with Crippen LogP contribution >= 0.6 is 0 Å². The Labute approximate surface area is 112 Å². The van der Waals surface area contributed by atoms with Crippen LogP contribution in [0.1, 0.15) is 17.3 Å². The van der Waals surface area contributed by atoms with E-state index >= 15 is 0 Å². The summed E-state index contributed by atoms with van der Waals surface area (Å²) in [7, 11) is 0. The number of carboxylic acid groups (broad SMARTS) is 1. The first-order valence-corrected chi connectivity index (χ1v) is 5.98. The maximum atomic E-state index is 13.1.